The lowest BCUT2D eigenvalue weighted by atomic mass is 9.93. The Kier molecular flexibility index (Phi) is 4.06. The Morgan fingerprint density at radius 2 is 2.00 bits per heavy atom. The van der Waals surface area contributed by atoms with Crippen LogP contribution in [0.25, 0.3) is 0 Å². The average Bonchev–Trinajstić information content (AvgIpc) is 3.16. The molecule has 0 heterocycles. The van der Waals surface area contributed by atoms with E-state index in [-0.39, 0.29) is 13.2 Å². The summed E-state index contributed by atoms with van der Waals surface area (Å²) in [5, 5.41) is 0. The van der Waals surface area contributed by atoms with Gasteiger partial charge in [-0.25, -0.2) is 4.39 Å². The molecule has 1 aromatic carbocycles. The molecule has 0 amide bonds. The van der Waals surface area contributed by atoms with Gasteiger partial charge in [0.2, 0.25) is 0 Å². The van der Waals surface area contributed by atoms with Gasteiger partial charge in [-0.2, -0.15) is 0 Å². The van der Waals surface area contributed by atoms with Gasteiger partial charge in [0, 0.05) is 0 Å². The topological polar surface area (TPSA) is 52.6 Å². The lowest BCUT2D eigenvalue weighted by molar-refractivity contribution is -0.152. The van der Waals surface area contributed by atoms with Crippen molar-refractivity contribution in [3.05, 3.63) is 35.6 Å². The fraction of sp³-hybridized carbons (Fsp3) is 0.467. The highest BCUT2D eigenvalue weighted by Gasteiger charge is 2.66. The predicted octanol–water partition coefficient (Wildman–Crippen LogP) is 2.21. The quantitative estimate of drug-likeness (QED) is 0.776. The molecule has 0 aliphatic heterocycles. The van der Waals surface area contributed by atoms with E-state index in [1.165, 1.54) is 18.2 Å². The van der Waals surface area contributed by atoms with Crippen LogP contribution in [0.4, 0.5) is 4.39 Å². The Bertz CT molecular complexity index is 528. The first-order valence-corrected chi connectivity index (χ1v) is 6.66. The molecule has 1 aliphatic rings. The van der Waals surface area contributed by atoms with E-state index in [0.29, 0.717) is 12.0 Å². The maximum atomic E-state index is 13.4. The highest BCUT2D eigenvalue weighted by atomic mass is 19.1. The normalized spacial score (nSPS) is 24.1. The Balaban J connectivity index is 2.33. The van der Waals surface area contributed by atoms with Crippen LogP contribution in [0.3, 0.4) is 0 Å². The van der Waals surface area contributed by atoms with Crippen LogP contribution in [-0.4, -0.2) is 25.2 Å². The van der Waals surface area contributed by atoms with Crippen LogP contribution in [0.1, 0.15) is 25.8 Å². The predicted molar refractivity (Wildman–Crippen MR) is 69.5 cm³/mol. The molecule has 2 atom stereocenters. The standard InChI is InChI=1S/C15H17FO4/c1-3-19-13(17)12-9-15(12,14(18)20-4-2)10-6-5-7-11(16)8-10/h5-8,12H,3-4,9H2,1-2H3/t12-,15+/m0/s1. The lowest BCUT2D eigenvalue weighted by Gasteiger charge is -2.16. The van der Waals surface area contributed by atoms with Gasteiger partial charge in [0.25, 0.3) is 0 Å². The molecule has 0 aromatic heterocycles. The summed E-state index contributed by atoms with van der Waals surface area (Å²) < 4.78 is 23.4. The first-order chi connectivity index (χ1) is 9.56. The van der Waals surface area contributed by atoms with Gasteiger partial charge >= 0.3 is 11.9 Å². The molecule has 1 aromatic rings. The van der Waals surface area contributed by atoms with E-state index in [1.807, 2.05) is 0 Å². The van der Waals surface area contributed by atoms with Crippen molar-refractivity contribution < 1.29 is 23.5 Å². The molecule has 0 N–H and O–H groups in total. The molecular formula is C15H17FO4. The second kappa shape index (κ2) is 5.61. The van der Waals surface area contributed by atoms with Crippen molar-refractivity contribution >= 4 is 11.9 Å². The largest absolute Gasteiger partial charge is 0.466 e. The number of benzene rings is 1. The highest BCUT2D eigenvalue weighted by molar-refractivity contribution is 5.96. The first-order valence-electron chi connectivity index (χ1n) is 6.66. The molecule has 0 radical (unpaired) electrons. The summed E-state index contributed by atoms with van der Waals surface area (Å²) in [4.78, 5) is 24.1. The SMILES string of the molecule is CCOC(=O)[C@@H]1C[C@@]1(C(=O)OCC)c1cccc(F)c1. The van der Waals surface area contributed by atoms with Gasteiger partial charge in [-0.15, -0.1) is 0 Å². The third-order valence-electron chi connectivity index (χ3n) is 3.51. The molecule has 20 heavy (non-hydrogen) atoms. The van der Waals surface area contributed by atoms with Crippen LogP contribution in [0.2, 0.25) is 0 Å². The van der Waals surface area contributed by atoms with Crippen molar-refractivity contribution in [2.75, 3.05) is 13.2 Å². The minimum Gasteiger partial charge on any atom is -0.466 e. The maximum Gasteiger partial charge on any atom is 0.317 e. The molecule has 1 aliphatic carbocycles. The zero-order chi connectivity index (χ0) is 14.8. The Morgan fingerprint density at radius 1 is 1.30 bits per heavy atom. The summed E-state index contributed by atoms with van der Waals surface area (Å²) in [7, 11) is 0. The second-order valence-corrected chi connectivity index (χ2v) is 4.71. The van der Waals surface area contributed by atoms with Crippen molar-refractivity contribution in [1.29, 1.82) is 0 Å². The fourth-order valence-electron chi connectivity index (χ4n) is 2.48. The van der Waals surface area contributed by atoms with E-state index in [9.17, 15) is 14.0 Å². The molecule has 2 rings (SSSR count). The molecule has 1 saturated carbocycles. The molecule has 0 unspecified atom stereocenters. The van der Waals surface area contributed by atoms with Crippen LogP contribution >= 0.6 is 0 Å². The van der Waals surface area contributed by atoms with Gasteiger partial charge < -0.3 is 9.47 Å². The van der Waals surface area contributed by atoms with Crippen LogP contribution in [0.5, 0.6) is 0 Å². The number of ether oxygens (including phenoxy) is 2. The summed E-state index contributed by atoms with van der Waals surface area (Å²) in [5.41, 5.74) is -0.626. The lowest BCUT2D eigenvalue weighted by Crippen LogP contribution is -2.28. The van der Waals surface area contributed by atoms with Gasteiger partial charge in [-0.1, -0.05) is 12.1 Å². The monoisotopic (exact) mass is 280 g/mol. The molecule has 1 fully saturated rings. The van der Waals surface area contributed by atoms with Gasteiger partial charge in [0.15, 0.2) is 0 Å². The highest BCUT2D eigenvalue weighted by Crippen LogP contribution is 2.55. The minimum absolute atomic E-state index is 0.214. The summed E-state index contributed by atoms with van der Waals surface area (Å²) in [6.07, 6.45) is 0.300. The summed E-state index contributed by atoms with van der Waals surface area (Å²) in [6.45, 7) is 3.86. The van der Waals surface area contributed by atoms with Gasteiger partial charge in [0.1, 0.15) is 11.2 Å². The van der Waals surface area contributed by atoms with E-state index >= 15 is 0 Å². The third-order valence-corrected chi connectivity index (χ3v) is 3.51. The van der Waals surface area contributed by atoms with E-state index in [1.54, 1.807) is 19.9 Å². The zero-order valence-electron chi connectivity index (χ0n) is 11.5. The maximum absolute atomic E-state index is 13.4. The minimum atomic E-state index is -1.09. The van der Waals surface area contributed by atoms with Crippen LogP contribution in [0.15, 0.2) is 24.3 Å². The third kappa shape index (κ3) is 2.40. The fourth-order valence-corrected chi connectivity index (χ4v) is 2.48. The molecule has 4 nitrogen and oxygen atoms in total. The number of rotatable bonds is 5. The summed E-state index contributed by atoms with van der Waals surface area (Å²) in [6, 6.07) is 5.73. The summed E-state index contributed by atoms with van der Waals surface area (Å²) >= 11 is 0. The smallest absolute Gasteiger partial charge is 0.317 e. The summed E-state index contributed by atoms with van der Waals surface area (Å²) in [5.74, 6) is -1.97. The zero-order valence-corrected chi connectivity index (χ0v) is 11.5. The van der Waals surface area contributed by atoms with Crippen molar-refractivity contribution in [3.63, 3.8) is 0 Å². The van der Waals surface area contributed by atoms with E-state index < -0.39 is 29.1 Å². The van der Waals surface area contributed by atoms with Crippen molar-refractivity contribution in [2.24, 2.45) is 5.92 Å². The number of carbonyl (C=O) groups excluding carboxylic acids is 2. The molecule has 0 bridgehead atoms. The van der Waals surface area contributed by atoms with Crippen molar-refractivity contribution in [2.45, 2.75) is 25.7 Å². The molecule has 5 heteroatoms. The average molecular weight is 280 g/mol. The Morgan fingerprint density at radius 3 is 2.60 bits per heavy atom. The molecular weight excluding hydrogens is 263 g/mol. The second-order valence-electron chi connectivity index (χ2n) is 4.71. The number of hydrogen-bond acceptors (Lipinski definition) is 4. The van der Waals surface area contributed by atoms with Crippen LogP contribution in [-0.2, 0) is 24.5 Å². The van der Waals surface area contributed by atoms with Crippen molar-refractivity contribution in [1.82, 2.24) is 0 Å². The van der Waals surface area contributed by atoms with Gasteiger partial charge in [-0.3, -0.25) is 9.59 Å². The van der Waals surface area contributed by atoms with Crippen molar-refractivity contribution in [3.8, 4) is 0 Å². The number of carbonyl (C=O) groups is 2. The first kappa shape index (κ1) is 14.5. The number of hydrogen-bond donors (Lipinski definition) is 0. The number of halogens is 1. The van der Waals surface area contributed by atoms with E-state index in [2.05, 4.69) is 0 Å². The Labute approximate surface area is 116 Å². The number of esters is 2. The molecule has 0 spiro atoms. The van der Waals surface area contributed by atoms with E-state index in [4.69, 9.17) is 9.47 Å². The Hall–Kier alpha value is -1.91. The molecule has 0 saturated heterocycles. The van der Waals surface area contributed by atoms with E-state index in [0.717, 1.165) is 0 Å². The van der Waals surface area contributed by atoms with Crippen LogP contribution in [0, 0.1) is 11.7 Å². The molecule has 108 valence electrons. The van der Waals surface area contributed by atoms with Gasteiger partial charge in [0.05, 0.1) is 19.1 Å². The van der Waals surface area contributed by atoms with Crippen LogP contribution < -0.4 is 0 Å². The van der Waals surface area contributed by atoms with Gasteiger partial charge in [-0.05, 0) is 38.0 Å².